The minimum atomic E-state index is 0.0902. The fraction of sp³-hybridized carbons (Fsp3) is 0.500. The summed E-state index contributed by atoms with van der Waals surface area (Å²) in [7, 11) is 0. The summed E-state index contributed by atoms with van der Waals surface area (Å²) in [4.78, 5) is 19.8. The van der Waals surface area contributed by atoms with Crippen molar-refractivity contribution in [2.75, 3.05) is 11.4 Å². The maximum atomic E-state index is 11.3. The van der Waals surface area contributed by atoms with Crippen LogP contribution in [0.15, 0.2) is 12.4 Å². The Balaban J connectivity index is 2.76. The van der Waals surface area contributed by atoms with E-state index < -0.39 is 0 Å². The number of rotatable bonds is 3. The van der Waals surface area contributed by atoms with Crippen LogP contribution in [0, 0.1) is 0 Å². The first kappa shape index (κ1) is 8.77. The van der Waals surface area contributed by atoms with E-state index in [9.17, 15) is 4.79 Å². The highest BCUT2D eigenvalue weighted by molar-refractivity contribution is 5.91. The van der Waals surface area contributed by atoms with Crippen LogP contribution >= 0.6 is 0 Å². The maximum Gasteiger partial charge on any atom is 0.229 e. The molecule has 1 rings (SSSR count). The molecule has 1 amide bonds. The van der Waals surface area contributed by atoms with E-state index in [-0.39, 0.29) is 5.91 Å². The molecule has 0 fully saturated rings. The summed E-state index contributed by atoms with van der Waals surface area (Å²) in [5, 5.41) is 0. The van der Waals surface area contributed by atoms with Crippen molar-refractivity contribution in [1.29, 1.82) is 0 Å². The zero-order valence-electron chi connectivity index (χ0n) is 7.37. The number of aromatic nitrogens is 2. The van der Waals surface area contributed by atoms with Crippen LogP contribution in [0.4, 0.5) is 5.95 Å². The van der Waals surface area contributed by atoms with Crippen molar-refractivity contribution >= 4 is 11.9 Å². The molecule has 0 saturated carbocycles. The SMILES string of the molecule is CCC(=O)N(CC)c1ncc[nH]1. The van der Waals surface area contributed by atoms with Gasteiger partial charge in [-0.25, -0.2) is 4.98 Å². The summed E-state index contributed by atoms with van der Waals surface area (Å²) in [6, 6.07) is 0. The largest absolute Gasteiger partial charge is 0.331 e. The van der Waals surface area contributed by atoms with Crippen molar-refractivity contribution in [3.63, 3.8) is 0 Å². The Hall–Kier alpha value is -1.32. The molecule has 0 saturated heterocycles. The van der Waals surface area contributed by atoms with E-state index in [2.05, 4.69) is 9.97 Å². The molecule has 1 N–H and O–H groups in total. The Morgan fingerprint density at radius 2 is 2.42 bits per heavy atom. The lowest BCUT2D eigenvalue weighted by atomic mass is 10.4. The van der Waals surface area contributed by atoms with Crippen LogP contribution in [0.25, 0.3) is 0 Å². The van der Waals surface area contributed by atoms with Crippen LogP contribution < -0.4 is 4.90 Å². The highest BCUT2D eigenvalue weighted by Crippen LogP contribution is 2.06. The highest BCUT2D eigenvalue weighted by atomic mass is 16.2. The Morgan fingerprint density at radius 1 is 1.67 bits per heavy atom. The van der Waals surface area contributed by atoms with Gasteiger partial charge in [0.1, 0.15) is 0 Å². The van der Waals surface area contributed by atoms with Crippen molar-refractivity contribution in [3.05, 3.63) is 12.4 Å². The molecular formula is C8H13N3O. The van der Waals surface area contributed by atoms with Crippen LogP contribution in [0.2, 0.25) is 0 Å². The van der Waals surface area contributed by atoms with Gasteiger partial charge in [-0.1, -0.05) is 6.92 Å². The van der Waals surface area contributed by atoms with Gasteiger partial charge < -0.3 is 4.98 Å². The van der Waals surface area contributed by atoms with Crippen LogP contribution in [0.1, 0.15) is 20.3 Å². The van der Waals surface area contributed by atoms with E-state index in [1.165, 1.54) is 0 Å². The number of amides is 1. The number of hydrogen-bond donors (Lipinski definition) is 1. The third-order valence-corrected chi connectivity index (χ3v) is 1.66. The molecule has 0 aliphatic carbocycles. The zero-order chi connectivity index (χ0) is 8.97. The number of nitrogens with one attached hydrogen (secondary N) is 1. The van der Waals surface area contributed by atoms with E-state index in [4.69, 9.17) is 0 Å². The average molecular weight is 167 g/mol. The van der Waals surface area contributed by atoms with Crippen LogP contribution in [0.5, 0.6) is 0 Å². The zero-order valence-corrected chi connectivity index (χ0v) is 7.37. The fourth-order valence-corrected chi connectivity index (χ4v) is 1.04. The van der Waals surface area contributed by atoms with E-state index in [1.54, 1.807) is 17.3 Å². The molecule has 0 unspecified atom stereocenters. The Labute approximate surface area is 71.6 Å². The van der Waals surface area contributed by atoms with Gasteiger partial charge in [-0.2, -0.15) is 0 Å². The molecule has 0 spiro atoms. The van der Waals surface area contributed by atoms with E-state index in [0.29, 0.717) is 18.9 Å². The molecule has 1 aromatic heterocycles. The van der Waals surface area contributed by atoms with Gasteiger partial charge in [0.05, 0.1) is 0 Å². The smallest absolute Gasteiger partial charge is 0.229 e. The molecule has 4 heteroatoms. The van der Waals surface area contributed by atoms with Crippen LogP contribution in [0.3, 0.4) is 0 Å². The predicted molar refractivity (Wildman–Crippen MR) is 46.9 cm³/mol. The molecule has 4 nitrogen and oxygen atoms in total. The Kier molecular flexibility index (Phi) is 2.85. The molecule has 12 heavy (non-hydrogen) atoms. The molecule has 0 aliphatic rings. The molecular weight excluding hydrogens is 154 g/mol. The van der Waals surface area contributed by atoms with E-state index in [1.807, 2.05) is 13.8 Å². The number of anilines is 1. The van der Waals surface area contributed by atoms with E-state index >= 15 is 0 Å². The maximum absolute atomic E-state index is 11.3. The normalized spacial score (nSPS) is 9.83. The fourth-order valence-electron chi connectivity index (χ4n) is 1.04. The third kappa shape index (κ3) is 1.64. The summed E-state index contributed by atoms with van der Waals surface area (Å²) in [6.45, 7) is 4.42. The number of hydrogen-bond acceptors (Lipinski definition) is 2. The second-order valence-electron chi connectivity index (χ2n) is 2.40. The minimum absolute atomic E-state index is 0.0902. The van der Waals surface area contributed by atoms with Crippen LogP contribution in [-0.4, -0.2) is 22.4 Å². The lowest BCUT2D eigenvalue weighted by Gasteiger charge is -2.16. The monoisotopic (exact) mass is 167 g/mol. The van der Waals surface area contributed by atoms with Gasteiger partial charge in [-0.15, -0.1) is 0 Å². The first-order chi connectivity index (χ1) is 5.79. The van der Waals surface area contributed by atoms with Gasteiger partial charge in [0.25, 0.3) is 0 Å². The average Bonchev–Trinajstić information content (AvgIpc) is 2.58. The first-order valence-electron chi connectivity index (χ1n) is 4.09. The molecule has 0 radical (unpaired) electrons. The summed E-state index contributed by atoms with van der Waals surface area (Å²) in [6.07, 6.45) is 3.86. The molecule has 0 aromatic carbocycles. The molecule has 0 aliphatic heterocycles. The van der Waals surface area contributed by atoms with Crippen molar-refractivity contribution in [1.82, 2.24) is 9.97 Å². The number of aromatic amines is 1. The van der Waals surface area contributed by atoms with Gasteiger partial charge >= 0.3 is 0 Å². The predicted octanol–water partition coefficient (Wildman–Crippen LogP) is 1.17. The molecule has 1 heterocycles. The quantitative estimate of drug-likeness (QED) is 0.734. The summed E-state index contributed by atoms with van der Waals surface area (Å²) in [5.41, 5.74) is 0. The van der Waals surface area contributed by atoms with Gasteiger partial charge in [0, 0.05) is 25.4 Å². The molecule has 0 bridgehead atoms. The van der Waals surface area contributed by atoms with Gasteiger partial charge in [0.15, 0.2) is 0 Å². The molecule has 0 atom stereocenters. The van der Waals surface area contributed by atoms with E-state index in [0.717, 1.165) is 0 Å². The van der Waals surface area contributed by atoms with Gasteiger partial charge in [-0.3, -0.25) is 9.69 Å². The number of nitrogens with zero attached hydrogens (tertiary/aromatic N) is 2. The van der Waals surface area contributed by atoms with Crippen molar-refractivity contribution in [3.8, 4) is 0 Å². The minimum Gasteiger partial charge on any atom is -0.331 e. The number of H-pyrrole nitrogens is 1. The number of carbonyl (C=O) groups is 1. The van der Waals surface area contributed by atoms with Crippen molar-refractivity contribution in [2.24, 2.45) is 0 Å². The number of carbonyl (C=O) groups excluding carboxylic acids is 1. The Morgan fingerprint density at radius 3 is 2.83 bits per heavy atom. The lowest BCUT2D eigenvalue weighted by molar-refractivity contribution is -0.118. The number of imidazole rings is 1. The van der Waals surface area contributed by atoms with Crippen LogP contribution in [-0.2, 0) is 4.79 Å². The summed E-state index contributed by atoms with van der Waals surface area (Å²) >= 11 is 0. The lowest BCUT2D eigenvalue weighted by Crippen LogP contribution is -2.30. The van der Waals surface area contributed by atoms with Crippen molar-refractivity contribution in [2.45, 2.75) is 20.3 Å². The summed E-state index contributed by atoms with van der Waals surface area (Å²) < 4.78 is 0. The third-order valence-electron chi connectivity index (χ3n) is 1.66. The molecule has 1 aromatic rings. The van der Waals surface area contributed by atoms with Crippen molar-refractivity contribution < 1.29 is 4.79 Å². The second kappa shape index (κ2) is 3.90. The van der Waals surface area contributed by atoms with Gasteiger partial charge in [0.2, 0.25) is 11.9 Å². The Bertz CT molecular complexity index is 243. The topological polar surface area (TPSA) is 49.0 Å². The summed E-state index contributed by atoms with van der Waals surface area (Å²) in [5.74, 6) is 0.719. The second-order valence-corrected chi connectivity index (χ2v) is 2.40. The molecule has 66 valence electrons. The standard InChI is InChI=1S/C8H13N3O/c1-3-7(12)11(4-2)8-9-5-6-10-8/h5-6H,3-4H2,1-2H3,(H,9,10). The first-order valence-corrected chi connectivity index (χ1v) is 4.09. The highest BCUT2D eigenvalue weighted by Gasteiger charge is 2.12. The van der Waals surface area contributed by atoms with Gasteiger partial charge in [-0.05, 0) is 6.92 Å².